The quantitative estimate of drug-likeness (QED) is 0.649. The van der Waals surface area contributed by atoms with Gasteiger partial charge in [-0.3, -0.25) is 0 Å². The van der Waals surface area contributed by atoms with Crippen molar-refractivity contribution in [2.75, 3.05) is 28.4 Å². The van der Waals surface area contributed by atoms with Crippen LogP contribution in [0.2, 0.25) is 0 Å². The fourth-order valence-corrected chi connectivity index (χ4v) is 3.16. The fourth-order valence-electron chi connectivity index (χ4n) is 3.16. The number of hydrogen-bond acceptors (Lipinski definition) is 4. The lowest BCUT2D eigenvalue weighted by atomic mass is 7.55. The fraction of sp³-hybridized carbons (Fsp3) is 0.455. The van der Waals surface area contributed by atoms with Crippen LogP contribution in [0.25, 0.3) is 0 Å². The molecule has 142 valence electrons. The largest absolute Gasteiger partial charge is 0.493 e. The van der Waals surface area contributed by atoms with Crippen LogP contribution in [0.4, 0.5) is 0 Å². The number of benzene rings is 2. The number of ether oxygens (including phenoxy) is 4. The van der Waals surface area contributed by atoms with E-state index in [0.717, 1.165) is 35.8 Å². The van der Waals surface area contributed by atoms with Crippen LogP contribution in [-0.4, -0.2) is 28.4 Å². The van der Waals surface area contributed by atoms with Gasteiger partial charge in [-0.1, -0.05) is 26.0 Å². The molecular formula is C22H30O4. The summed E-state index contributed by atoms with van der Waals surface area (Å²) in [5.74, 6) is 4.15. The molecule has 2 atom stereocenters. The summed E-state index contributed by atoms with van der Waals surface area (Å²) in [6.45, 7) is 4.59. The van der Waals surface area contributed by atoms with Gasteiger partial charge in [0.15, 0.2) is 23.0 Å². The van der Waals surface area contributed by atoms with Crippen LogP contribution < -0.4 is 18.9 Å². The van der Waals surface area contributed by atoms with Crippen molar-refractivity contribution in [3.63, 3.8) is 0 Å². The Labute approximate surface area is 157 Å². The smallest absolute Gasteiger partial charge is 0.160 e. The third-order valence-electron chi connectivity index (χ3n) is 4.98. The van der Waals surface area contributed by atoms with E-state index in [0.29, 0.717) is 11.8 Å². The molecule has 2 unspecified atom stereocenters. The van der Waals surface area contributed by atoms with Crippen LogP contribution in [0.5, 0.6) is 23.0 Å². The van der Waals surface area contributed by atoms with E-state index in [-0.39, 0.29) is 0 Å². The lowest BCUT2D eigenvalue weighted by Crippen LogP contribution is -2.14. The summed E-state index contributed by atoms with van der Waals surface area (Å²) in [5, 5.41) is 0. The molecule has 4 nitrogen and oxygen atoms in total. The minimum Gasteiger partial charge on any atom is -0.493 e. The van der Waals surface area contributed by atoms with Crippen LogP contribution in [0.15, 0.2) is 36.4 Å². The maximum absolute atomic E-state index is 5.41. The molecule has 26 heavy (non-hydrogen) atoms. The molecule has 2 aromatic rings. The second kappa shape index (κ2) is 9.37. The number of hydrogen-bond donors (Lipinski definition) is 0. The van der Waals surface area contributed by atoms with Gasteiger partial charge in [-0.2, -0.15) is 0 Å². The van der Waals surface area contributed by atoms with Gasteiger partial charge in [0, 0.05) is 0 Å². The summed E-state index contributed by atoms with van der Waals surface area (Å²) in [6, 6.07) is 12.3. The van der Waals surface area contributed by atoms with Crippen molar-refractivity contribution in [3.8, 4) is 23.0 Å². The molecule has 0 bridgehead atoms. The maximum atomic E-state index is 5.41. The molecule has 0 aliphatic carbocycles. The lowest BCUT2D eigenvalue weighted by Gasteiger charge is -2.21. The molecule has 0 N–H and O–H groups in total. The number of rotatable bonds is 9. The standard InChI is InChI=1S/C22H30O4/c1-15(11-17-7-9-19(23-3)21(13-17)25-5)16(2)12-18-8-10-20(24-4)22(14-18)26-6/h7-10,13-16H,11-12H2,1-6H3/i11-4. The molecule has 0 saturated heterocycles. The highest BCUT2D eigenvalue weighted by Crippen LogP contribution is 2.32. The van der Waals surface area contributed by atoms with E-state index in [2.05, 4.69) is 38.1 Å². The highest BCUT2D eigenvalue weighted by atomic mass is 16.5. The molecule has 0 spiro atoms. The minimum atomic E-state index is 0.529. The molecule has 0 aliphatic heterocycles. The number of methoxy groups -OCH3 is 4. The van der Waals surface area contributed by atoms with Gasteiger partial charge in [0.25, 0.3) is 0 Å². The third-order valence-corrected chi connectivity index (χ3v) is 4.98. The van der Waals surface area contributed by atoms with Crippen LogP contribution in [0.1, 0.15) is 25.0 Å². The first kappa shape index (κ1) is 20.0. The van der Waals surface area contributed by atoms with E-state index >= 15 is 0 Å². The Kier molecular flexibility index (Phi) is 7.19. The van der Waals surface area contributed by atoms with E-state index in [4.69, 9.17) is 18.9 Å². The molecule has 0 aromatic heterocycles. The van der Waals surface area contributed by atoms with Gasteiger partial charge in [-0.25, -0.2) is 0 Å². The van der Waals surface area contributed by atoms with Gasteiger partial charge in [-0.15, -0.1) is 0 Å². The van der Waals surface area contributed by atoms with Gasteiger partial charge < -0.3 is 18.9 Å². The minimum absolute atomic E-state index is 0.529. The van der Waals surface area contributed by atoms with Crippen LogP contribution in [0, 0.1) is 11.8 Å². The van der Waals surface area contributed by atoms with Gasteiger partial charge in [-0.05, 0) is 60.1 Å². The Bertz CT molecular complexity index is 650. The second-order valence-electron chi connectivity index (χ2n) is 6.74. The van der Waals surface area contributed by atoms with Gasteiger partial charge in [0.1, 0.15) is 0 Å². The topological polar surface area (TPSA) is 36.9 Å². The first-order chi connectivity index (χ1) is 12.5. The maximum Gasteiger partial charge on any atom is 0.160 e. The van der Waals surface area contributed by atoms with E-state index in [1.165, 1.54) is 11.1 Å². The van der Waals surface area contributed by atoms with E-state index in [1.807, 2.05) is 12.1 Å². The van der Waals surface area contributed by atoms with Gasteiger partial charge in [0.2, 0.25) is 0 Å². The van der Waals surface area contributed by atoms with Crippen molar-refractivity contribution in [2.45, 2.75) is 26.7 Å². The Hall–Kier alpha value is -2.36. The average molecular weight is 355 g/mol. The van der Waals surface area contributed by atoms with Crippen LogP contribution in [-0.2, 0) is 12.8 Å². The monoisotopic (exact) mass is 354 g/mol. The highest BCUT2D eigenvalue weighted by Gasteiger charge is 2.16. The van der Waals surface area contributed by atoms with Crippen molar-refractivity contribution in [2.24, 2.45) is 11.8 Å². The van der Waals surface area contributed by atoms with Gasteiger partial charge >= 0.3 is 0 Å². The molecule has 2 rings (SSSR count). The SMILES string of the molecule is COc1ccc(CC(C)C(C)[8CH2]c2ccc(OC)c(OC)c2)cc1OC. The Morgan fingerprint density at radius 1 is 0.731 bits per heavy atom. The Balaban J connectivity index is 2.04. The Morgan fingerprint density at radius 2 is 1.27 bits per heavy atom. The summed E-state index contributed by atoms with van der Waals surface area (Å²) >= 11 is 0. The zero-order valence-corrected chi connectivity index (χ0v) is 16.7. The first-order valence-electron chi connectivity index (χ1n) is 8.94. The van der Waals surface area contributed by atoms with E-state index in [1.54, 1.807) is 28.4 Å². The molecule has 4 heteroatoms. The second-order valence-corrected chi connectivity index (χ2v) is 6.74. The zero-order valence-electron chi connectivity index (χ0n) is 16.7. The molecule has 0 heterocycles. The van der Waals surface area contributed by atoms with Crippen LogP contribution in [0.3, 0.4) is 0 Å². The van der Waals surface area contributed by atoms with Crippen molar-refractivity contribution in [3.05, 3.63) is 47.5 Å². The molecule has 0 fully saturated rings. The Morgan fingerprint density at radius 3 is 1.85 bits per heavy atom. The zero-order chi connectivity index (χ0) is 19.1. The first-order valence-corrected chi connectivity index (χ1v) is 8.94. The molecular weight excluding hydrogens is 324 g/mol. The summed E-state index contributed by atoms with van der Waals surface area (Å²) in [4.78, 5) is 0. The third kappa shape index (κ3) is 4.84. The van der Waals surface area contributed by atoms with Crippen molar-refractivity contribution in [1.29, 1.82) is 0 Å². The summed E-state index contributed by atoms with van der Waals surface area (Å²) < 4.78 is 21.5. The predicted octanol–water partition coefficient (Wildman–Crippen LogP) is 4.78. The van der Waals surface area contributed by atoms with Crippen molar-refractivity contribution < 1.29 is 18.9 Å². The summed E-state index contributed by atoms with van der Waals surface area (Å²) in [5.41, 5.74) is 2.52. The van der Waals surface area contributed by atoms with Crippen molar-refractivity contribution >= 4 is 0 Å². The van der Waals surface area contributed by atoms with E-state index < -0.39 is 0 Å². The highest BCUT2D eigenvalue weighted by molar-refractivity contribution is 5.44. The summed E-state index contributed by atoms with van der Waals surface area (Å²) in [7, 11) is 6.66. The normalized spacial score (nSPS) is 13.0. The molecule has 0 radical (unpaired) electrons. The molecule has 0 aliphatic rings. The van der Waals surface area contributed by atoms with Crippen molar-refractivity contribution in [1.82, 2.24) is 0 Å². The predicted molar refractivity (Wildman–Crippen MR) is 105 cm³/mol. The average Bonchev–Trinajstić information content (AvgIpc) is 2.67. The molecule has 0 saturated carbocycles. The molecule has 2 aromatic carbocycles. The van der Waals surface area contributed by atoms with Gasteiger partial charge in [0.05, 0.1) is 28.4 Å². The van der Waals surface area contributed by atoms with Crippen LogP contribution >= 0.6 is 0 Å². The lowest BCUT2D eigenvalue weighted by molar-refractivity contribution is 0.350. The summed E-state index contributed by atoms with van der Waals surface area (Å²) in [6.07, 6.45) is 1.99. The molecule has 0 amide bonds. The van der Waals surface area contributed by atoms with E-state index in [9.17, 15) is 0 Å².